The fourth-order valence-electron chi connectivity index (χ4n) is 1.77. The minimum Gasteiger partial charge on any atom is -0.494 e. The lowest BCUT2D eigenvalue weighted by molar-refractivity contribution is 0.120. The average molecular weight is 422 g/mol. The summed E-state index contributed by atoms with van der Waals surface area (Å²) in [5.41, 5.74) is 6.91. The van der Waals surface area contributed by atoms with Crippen molar-refractivity contribution in [3.05, 3.63) is 32.7 Å². The maximum atomic E-state index is 11.3. The van der Waals surface area contributed by atoms with Gasteiger partial charge in [-0.05, 0) is 34.1 Å². The van der Waals surface area contributed by atoms with E-state index in [2.05, 4.69) is 25.7 Å². The molecule has 2 N–H and O–H groups in total. The third-order valence-corrected chi connectivity index (χ3v) is 4.21. The molecular formula is C14H11BrCl2N2O4. The number of anilines is 1. The molecule has 6 nitrogen and oxygen atoms in total. The molecule has 0 bridgehead atoms. The van der Waals surface area contributed by atoms with Gasteiger partial charge in [0.25, 0.3) is 0 Å². The van der Waals surface area contributed by atoms with Crippen LogP contribution < -0.4 is 15.2 Å². The molecule has 0 atom stereocenters. The van der Waals surface area contributed by atoms with Crippen LogP contribution in [-0.2, 0) is 4.74 Å². The smallest absolute Gasteiger partial charge is 0.494 e. The van der Waals surface area contributed by atoms with Crippen molar-refractivity contribution in [1.29, 1.82) is 0 Å². The number of hydrogen-bond donors (Lipinski definition) is 1. The van der Waals surface area contributed by atoms with Crippen LogP contribution in [0.15, 0.2) is 22.7 Å². The van der Waals surface area contributed by atoms with Gasteiger partial charge < -0.3 is 19.9 Å². The molecule has 0 radical (unpaired) electrons. The SMILES string of the molecule is COC(=O)Oc1nc(-c2ccc(Br)c(OC)c2Cl)cc(N)c1Cl. The summed E-state index contributed by atoms with van der Waals surface area (Å²) in [6, 6.07) is 4.97. The van der Waals surface area contributed by atoms with Crippen molar-refractivity contribution in [3.8, 4) is 22.9 Å². The molecule has 0 saturated carbocycles. The first-order valence-electron chi connectivity index (χ1n) is 6.13. The van der Waals surface area contributed by atoms with Crippen LogP contribution in [0.2, 0.25) is 10.0 Å². The number of carbonyl (C=O) groups is 1. The molecule has 0 spiro atoms. The van der Waals surface area contributed by atoms with Gasteiger partial charge in [0, 0.05) is 5.56 Å². The van der Waals surface area contributed by atoms with Crippen LogP contribution in [0.25, 0.3) is 11.3 Å². The molecular weight excluding hydrogens is 411 g/mol. The van der Waals surface area contributed by atoms with Crippen LogP contribution in [0, 0.1) is 0 Å². The molecule has 0 unspecified atom stereocenters. The average Bonchev–Trinajstić information content (AvgIpc) is 2.52. The first kappa shape index (κ1) is 17.7. The number of nitrogens with two attached hydrogens (primary N) is 1. The van der Waals surface area contributed by atoms with Crippen molar-refractivity contribution in [2.75, 3.05) is 20.0 Å². The highest BCUT2D eigenvalue weighted by atomic mass is 79.9. The Morgan fingerprint density at radius 2 is 1.96 bits per heavy atom. The van der Waals surface area contributed by atoms with Crippen LogP contribution in [0.1, 0.15) is 0 Å². The van der Waals surface area contributed by atoms with E-state index in [-0.39, 0.29) is 16.6 Å². The second-order valence-corrected chi connectivity index (χ2v) is 5.82. The Hall–Kier alpha value is -1.70. The van der Waals surface area contributed by atoms with Crippen LogP contribution >= 0.6 is 39.1 Å². The quantitative estimate of drug-likeness (QED) is 0.731. The predicted octanol–water partition coefficient (Wildman–Crippen LogP) is 4.55. The highest BCUT2D eigenvalue weighted by Gasteiger charge is 2.19. The van der Waals surface area contributed by atoms with Gasteiger partial charge in [0.2, 0.25) is 5.88 Å². The Balaban J connectivity index is 2.59. The van der Waals surface area contributed by atoms with E-state index < -0.39 is 6.16 Å². The number of nitrogen functional groups attached to an aromatic ring is 1. The lowest BCUT2D eigenvalue weighted by Gasteiger charge is -2.13. The van der Waals surface area contributed by atoms with E-state index in [1.807, 2.05) is 0 Å². The zero-order valence-electron chi connectivity index (χ0n) is 12.0. The first-order chi connectivity index (χ1) is 10.9. The summed E-state index contributed by atoms with van der Waals surface area (Å²) in [5, 5.41) is 0.319. The third-order valence-electron chi connectivity index (χ3n) is 2.83. The van der Waals surface area contributed by atoms with Gasteiger partial charge in [-0.3, -0.25) is 0 Å². The fraction of sp³-hybridized carbons (Fsp3) is 0.143. The Labute approximate surface area is 150 Å². The lowest BCUT2D eigenvalue weighted by atomic mass is 10.1. The highest BCUT2D eigenvalue weighted by molar-refractivity contribution is 9.10. The molecule has 0 aliphatic carbocycles. The van der Waals surface area contributed by atoms with Gasteiger partial charge >= 0.3 is 6.16 Å². The number of aromatic nitrogens is 1. The molecule has 2 aromatic rings. The largest absolute Gasteiger partial charge is 0.514 e. The summed E-state index contributed by atoms with van der Waals surface area (Å²) >= 11 is 15.7. The normalized spacial score (nSPS) is 10.3. The molecule has 0 aliphatic heterocycles. The van der Waals surface area contributed by atoms with Crippen LogP contribution in [0.5, 0.6) is 11.6 Å². The van der Waals surface area contributed by atoms with Gasteiger partial charge in [0.1, 0.15) is 5.02 Å². The molecule has 122 valence electrons. The van der Waals surface area contributed by atoms with Gasteiger partial charge in [-0.15, -0.1) is 0 Å². The summed E-state index contributed by atoms with van der Waals surface area (Å²) in [5.74, 6) is 0.265. The molecule has 0 fully saturated rings. The molecule has 0 aliphatic rings. The van der Waals surface area contributed by atoms with Crippen molar-refractivity contribution in [2.24, 2.45) is 0 Å². The molecule has 23 heavy (non-hydrogen) atoms. The van der Waals surface area contributed by atoms with Gasteiger partial charge in [-0.2, -0.15) is 0 Å². The minimum atomic E-state index is -0.963. The third kappa shape index (κ3) is 3.63. The number of methoxy groups -OCH3 is 2. The summed E-state index contributed by atoms with van der Waals surface area (Å²) in [6.07, 6.45) is -0.963. The van der Waals surface area contributed by atoms with Crippen LogP contribution in [-0.4, -0.2) is 25.4 Å². The molecule has 1 heterocycles. The van der Waals surface area contributed by atoms with Gasteiger partial charge in [0.15, 0.2) is 5.75 Å². The Bertz CT molecular complexity index is 771. The molecule has 2 rings (SSSR count). The number of pyridine rings is 1. The molecule has 0 saturated heterocycles. The fourth-order valence-corrected chi connectivity index (χ4v) is 2.85. The number of ether oxygens (including phenoxy) is 3. The number of halogens is 3. The maximum Gasteiger partial charge on any atom is 0.514 e. The van der Waals surface area contributed by atoms with Crippen molar-refractivity contribution in [3.63, 3.8) is 0 Å². The topological polar surface area (TPSA) is 83.7 Å². The number of hydrogen-bond acceptors (Lipinski definition) is 6. The molecule has 1 aromatic carbocycles. The zero-order chi connectivity index (χ0) is 17.1. The van der Waals surface area contributed by atoms with E-state index in [0.717, 1.165) is 0 Å². The summed E-state index contributed by atoms with van der Waals surface area (Å²) in [4.78, 5) is 15.4. The second-order valence-electron chi connectivity index (χ2n) is 4.21. The van der Waals surface area contributed by atoms with Crippen LogP contribution in [0.3, 0.4) is 0 Å². The maximum absolute atomic E-state index is 11.3. The molecule has 9 heteroatoms. The van der Waals surface area contributed by atoms with E-state index in [9.17, 15) is 4.79 Å². The first-order valence-corrected chi connectivity index (χ1v) is 7.68. The number of rotatable bonds is 3. The van der Waals surface area contributed by atoms with E-state index >= 15 is 0 Å². The van der Waals surface area contributed by atoms with Crippen molar-refractivity contribution in [1.82, 2.24) is 4.98 Å². The molecule has 1 aromatic heterocycles. The van der Waals surface area contributed by atoms with Gasteiger partial charge in [-0.1, -0.05) is 23.2 Å². The van der Waals surface area contributed by atoms with Crippen molar-refractivity contribution >= 4 is 51.0 Å². The Morgan fingerprint density at radius 1 is 1.26 bits per heavy atom. The lowest BCUT2D eigenvalue weighted by Crippen LogP contribution is -2.10. The summed E-state index contributed by atoms with van der Waals surface area (Å²) in [7, 11) is 2.66. The number of nitrogens with zero attached hydrogens (tertiary/aromatic N) is 1. The van der Waals surface area contributed by atoms with Crippen LogP contribution in [0.4, 0.5) is 10.5 Å². The second kappa shape index (κ2) is 7.25. The summed E-state index contributed by atoms with van der Waals surface area (Å²) < 4.78 is 15.2. The zero-order valence-corrected chi connectivity index (χ0v) is 15.1. The monoisotopic (exact) mass is 420 g/mol. The summed E-state index contributed by atoms with van der Waals surface area (Å²) in [6.45, 7) is 0. The van der Waals surface area contributed by atoms with E-state index in [0.29, 0.717) is 26.5 Å². The predicted molar refractivity (Wildman–Crippen MR) is 91.4 cm³/mol. The van der Waals surface area contributed by atoms with Gasteiger partial charge in [-0.25, -0.2) is 9.78 Å². The number of carbonyl (C=O) groups excluding carboxylic acids is 1. The molecule has 0 amide bonds. The number of benzene rings is 1. The Kier molecular flexibility index (Phi) is 5.56. The van der Waals surface area contributed by atoms with E-state index in [1.165, 1.54) is 20.3 Å². The van der Waals surface area contributed by atoms with Crippen molar-refractivity contribution < 1.29 is 19.0 Å². The van der Waals surface area contributed by atoms with E-state index in [4.69, 9.17) is 38.4 Å². The minimum absolute atomic E-state index is 0.000603. The highest BCUT2D eigenvalue weighted by Crippen LogP contribution is 2.41. The van der Waals surface area contributed by atoms with E-state index in [1.54, 1.807) is 12.1 Å². The van der Waals surface area contributed by atoms with Crippen molar-refractivity contribution in [2.45, 2.75) is 0 Å². The standard InChI is InChI=1S/C14H11BrCl2N2O4/c1-21-12-7(15)4-3-6(10(12)16)9-5-8(18)11(17)13(19-9)23-14(20)22-2/h3-5H,1-2H3,(H2,18,19). The van der Waals surface area contributed by atoms with Gasteiger partial charge in [0.05, 0.1) is 35.1 Å². The Morgan fingerprint density at radius 3 is 2.57 bits per heavy atom.